The van der Waals surface area contributed by atoms with Crippen LogP contribution >= 0.6 is 0 Å². The summed E-state index contributed by atoms with van der Waals surface area (Å²) in [7, 11) is 8.06. The van der Waals surface area contributed by atoms with Crippen LogP contribution < -0.4 is 21.3 Å². The molecule has 20 heavy (non-hydrogen) atoms. The maximum absolute atomic E-state index is 3.25. The molecule has 0 bridgehead atoms. The first-order chi connectivity index (χ1) is 9.78. The number of hydrogen-bond donors (Lipinski definition) is 4. The predicted octanol–water partition coefficient (Wildman–Crippen LogP) is -1.18. The largest absolute Gasteiger partial charge is 0.320 e. The van der Waals surface area contributed by atoms with E-state index in [0.29, 0.717) is 0 Å². The first-order valence-electron chi connectivity index (χ1n) is 7.81. The molecule has 0 saturated heterocycles. The highest BCUT2D eigenvalue weighted by Gasteiger charge is 2.08. The molecule has 0 saturated carbocycles. The summed E-state index contributed by atoms with van der Waals surface area (Å²) in [5.41, 5.74) is 0. The zero-order valence-electron chi connectivity index (χ0n) is 14.0. The molecule has 6 nitrogen and oxygen atoms in total. The van der Waals surface area contributed by atoms with Crippen LogP contribution in [0.4, 0.5) is 0 Å². The van der Waals surface area contributed by atoms with Crippen molar-refractivity contribution in [3.8, 4) is 0 Å². The Morgan fingerprint density at radius 1 is 0.550 bits per heavy atom. The van der Waals surface area contributed by atoms with Gasteiger partial charge in [-0.2, -0.15) is 0 Å². The monoisotopic (exact) mass is 288 g/mol. The van der Waals surface area contributed by atoms with E-state index in [9.17, 15) is 0 Å². The number of hydrogen-bond acceptors (Lipinski definition) is 6. The lowest BCUT2D eigenvalue weighted by Gasteiger charge is -2.27. The molecule has 0 amide bonds. The molecule has 6 heteroatoms. The Bertz CT molecular complexity index is 191. The van der Waals surface area contributed by atoms with Gasteiger partial charge >= 0.3 is 0 Å². The molecule has 0 unspecified atom stereocenters. The lowest BCUT2D eigenvalue weighted by atomic mass is 10.3. The molecule has 0 aliphatic heterocycles. The number of rotatable bonds is 15. The van der Waals surface area contributed by atoms with Gasteiger partial charge in [-0.3, -0.25) is 4.90 Å². The van der Waals surface area contributed by atoms with Crippen LogP contribution in [-0.2, 0) is 0 Å². The van der Waals surface area contributed by atoms with Gasteiger partial charge in [-0.05, 0) is 47.7 Å². The summed E-state index contributed by atoms with van der Waals surface area (Å²) in [5, 5.41) is 12.9. The summed E-state index contributed by atoms with van der Waals surface area (Å²) in [6.07, 6.45) is 1.21. The highest BCUT2D eigenvalue weighted by molar-refractivity contribution is 4.65. The van der Waals surface area contributed by atoms with Gasteiger partial charge in [0.05, 0.1) is 0 Å². The number of nitrogens with zero attached hydrogens (tertiary/aromatic N) is 2. The lowest BCUT2D eigenvalue weighted by molar-refractivity contribution is 0.197. The van der Waals surface area contributed by atoms with E-state index in [0.717, 1.165) is 52.5 Å². The second kappa shape index (κ2) is 15.2. The number of nitrogens with one attached hydrogen (secondary N) is 4. The Labute approximate surface area is 125 Å². The van der Waals surface area contributed by atoms with Crippen LogP contribution in [0, 0.1) is 0 Å². The number of likely N-dealkylation sites (N-methyl/N-ethyl adjacent to an activating group) is 2. The highest BCUT2D eigenvalue weighted by atomic mass is 15.2. The quantitative estimate of drug-likeness (QED) is 0.225. The van der Waals surface area contributed by atoms with Crippen LogP contribution in [0.2, 0.25) is 0 Å². The van der Waals surface area contributed by atoms with Crippen LogP contribution in [0.15, 0.2) is 0 Å². The van der Waals surface area contributed by atoms with E-state index < -0.39 is 0 Å². The van der Waals surface area contributed by atoms with Crippen LogP contribution in [0.3, 0.4) is 0 Å². The van der Waals surface area contributed by atoms with Gasteiger partial charge in [0.25, 0.3) is 0 Å². The Kier molecular flexibility index (Phi) is 15.0. The zero-order valence-corrected chi connectivity index (χ0v) is 14.0. The zero-order chi connectivity index (χ0) is 15.1. The van der Waals surface area contributed by atoms with Crippen molar-refractivity contribution in [3.63, 3.8) is 0 Å². The maximum atomic E-state index is 3.25. The maximum Gasteiger partial charge on any atom is 0.0479 e. The van der Waals surface area contributed by atoms with Crippen molar-refractivity contribution in [2.75, 3.05) is 87.2 Å². The van der Waals surface area contributed by atoms with Gasteiger partial charge in [-0.1, -0.05) is 0 Å². The summed E-state index contributed by atoms with van der Waals surface area (Å²) >= 11 is 0. The van der Waals surface area contributed by atoms with Crippen molar-refractivity contribution >= 4 is 0 Å². The normalized spacial score (nSPS) is 11.7. The second-order valence-corrected chi connectivity index (χ2v) is 5.14. The molecule has 0 aromatic rings. The van der Waals surface area contributed by atoms with Gasteiger partial charge in [0.2, 0.25) is 0 Å². The van der Waals surface area contributed by atoms with Gasteiger partial charge in [0, 0.05) is 45.9 Å². The molecule has 0 rings (SSSR count). The minimum atomic E-state index is 0.956. The molecule has 0 radical (unpaired) electrons. The molecule has 0 aromatic heterocycles. The van der Waals surface area contributed by atoms with E-state index in [1.54, 1.807) is 0 Å². The topological polar surface area (TPSA) is 54.6 Å². The van der Waals surface area contributed by atoms with E-state index in [-0.39, 0.29) is 0 Å². The average molecular weight is 288 g/mol. The Balaban J connectivity index is 4.02. The molecule has 0 spiro atoms. The third-order valence-corrected chi connectivity index (χ3v) is 3.37. The van der Waals surface area contributed by atoms with Gasteiger partial charge in [-0.15, -0.1) is 0 Å². The highest BCUT2D eigenvalue weighted by Crippen LogP contribution is 1.94. The molecule has 122 valence electrons. The van der Waals surface area contributed by atoms with Crippen molar-refractivity contribution in [1.29, 1.82) is 0 Å². The van der Waals surface area contributed by atoms with E-state index in [1.165, 1.54) is 13.0 Å². The first-order valence-corrected chi connectivity index (χ1v) is 7.81. The van der Waals surface area contributed by atoms with Crippen molar-refractivity contribution in [1.82, 2.24) is 31.1 Å². The van der Waals surface area contributed by atoms with Crippen molar-refractivity contribution in [2.24, 2.45) is 0 Å². The molecule has 0 heterocycles. The summed E-state index contributed by atoms with van der Waals surface area (Å²) in [6, 6.07) is 0. The third kappa shape index (κ3) is 11.6. The smallest absolute Gasteiger partial charge is 0.0479 e. The molecule has 4 N–H and O–H groups in total. The van der Waals surface area contributed by atoms with Crippen LogP contribution in [0.25, 0.3) is 0 Å². The minimum Gasteiger partial charge on any atom is -0.320 e. The van der Waals surface area contributed by atoms with Gasteiger partial charge < -0.3 is 26.2 Å². The SMILES string of the molecule is CNCCCN(CCNC)CCN(CCNC)CNC. The molecular formula is C14H36N6. The first kappa shape index (κ1) is 19.8. The average Bonchev–Trinajstić information content (AvgIpc) is 2.46. The fraction of sp³-hybridized carbons (Fsp3) is 1.00. The molecule has 0 aromatic carbocycles. The van der Waals surface area contributed by atoms with Crippen LogP contribution in [0.1, 0.15) is 6.42 Å². The molecular weight excluding hydrogens is 252 g/mol. The summed E-state index contributed by atoms with van der Waals surface area (Å²) < 4.78 is 0. The van der Waals surface area contributed by atoms with E-state index in [1.807, 2.05) is 28.2 Å². The molecule has 0 atom stereocenters. The standard InChI is InChI=1S/C14H36N6/c1-15-6-5-9-19(10-7-16-2)12-13-20(14-18-4)11-8-17-3/h15-18H,5-14H2,1-4H3. The fourth-order valence-corrected chi connectivity index (χ4v) is 2.13. The van der Waals surface area contributed by atoms with E-state index >= 15 is 0 Å². The van der Waals surface area contributed by atoms with Crippen molar-refractivity contribution in [2.45, 2.75) is 6.42 Å². The van der Waals surface area contributed by atoms with Crippen molar-refractivity contribution in [3.05, 3.63) is 0 Å². The summed E-state index contributed by atoms with van der Waals surface area (Å²) in [6.45, 7) is 9.78. The van der Waals surface area contributed by atoms with Gasteiger partial charge in [-0.25, -0.2) is 0 Å². The second-order valence-electron chi connectivity index (χ2n) is 5.14. The predicted molar refractivity (Wildman–Crippen MR) is 88.3 cm³/mol. The molecule has 0 aliphatic carbocycles. The van der Waals surface area contributed by atoms with Gasteiger partial charge in [0.1, 0.15) is 0 Å². The fourth-order valence-electron chi connectivity index (χ4n) is 2.13. The Morgan fingerprint density at radius 2 is 1.10 bits per heavy atom. The Hall–Kier alpha value is -0.240. The summed E-state index contributed by atoms with van der Waals surface area (Å²) in [4.78, 5) is 5.01. The van der Waals surface area contributed by atoms with E-state index in [2.05, 4.69) is 31.1 Å². The summed E-state index contributed by atoms with van der Waals surface area (Å²) in [5.74, 6) is 0. The lowest BCUT2D eigenvalue weighted by Crippen LogP contribution is -2.43. The van der Waals surface area contributed by atoms with E-state index in [4.69, 9.17) is 0 Å². The van der Waals surface area contributed by atoms with Gasteiger partial charge in [0.15, 0.2) is 0 Å². The van der Waals surface area contributed by atoms with Crippen LogP contribution in [-0.4, -0.2) is 97.0 Å². The minimum absolute atomic E-state index is 0.956. The third-order valence-electron chi connectivity index (χ3n) is 3.37. The molecule has 0 fully saturated rings. The van der Waals surface area contributed by atoms with Crippen LogP contribution in [0.5, 0.6) is 0 Å². The molecule has 0 aliphatic rings. The Morgan fingerprint density at radius 3 is 1.65 bits per heavy atom. The van der Waals surface area contributed by atoms with Crippen molar-refractivity contribution < 1.29 is 0 Å².